The minimum Gasteiger partial charge on any atom is -0.323 e. The highest BCUT2D eigenvalue weighted by Gasteiger charge is 2.32. The normalized spacial score (nSPS) is 12.2. The van der Waals surface area contributed by atoms with Crippen LogP contribution in [0.4, 0.5) is 5.69 Å². The van der Waals surface area contributed by atoms with Crippen LogP contribution in [0.25, 0.3) is 27.3 Å². The molecule has 9 nitrogen and oxygen atoms in total. The van der Waals surface area contributed by atoms with Crippen molar-refractivity contribution in [3.05, 3.63) is 88.6 Å². The molecule has 0 atom stereocenters. The molecular weight excluding hydrogens is 578 g/mol. The number of halogens is 2. The van der Waals surface area contributed by atoms with E-state index in [1.54, 1.807) is 30.7 Å². The molecule has 0 radical (unpaired) electrons. The maximum absolute atomic E-state index is 13.5. The van der Waals surface area contributed by atoms with Gasteiger partial charge < -0.3 is 14.4 Å². The molecule has 37 heavy (non-hydrogen) atoms. The summed E-state index contributed by atoms with van der Waals surface area (Å²) in [6.07, 6.45) is 4.11. The second kappa shape index (κ2) is 9.85. The van der Waals surface area contributed by atoms with Crippen LogP contribution < -0.4 is 4.31 Å². The number of sulfonamides is 1. The summed E-state index contributed by atoms with van der Waals surface area (Å²) in [6, 6.07) is 13.9. The lowest BCUT2D eigenvalue weighted by Crippen LogP contribution is -2.32. The quantitative estimate of drug-likeness (QED) is 0.228. The third kappa shape index (κ3) is 5.44. The topological polar surface area (TPSA) is 126 Å². The van der Waals surface area contributed by atoms with Crippen LogP contribution in [0.1, 0.15) is 0 Å². The van der Waals surface area contributed by atoms with Crippen LogP contribution in [-0.4, -0.2) is 39.0 Å². The van der Waals surface area contributed by atoms with Gasteiger partial charge in [-0.3, -0.25) is 8.87 Å². The van der Waals surface area contributed by atoms with Gasteiger partial charge in [-0.1, -0.05) is 23.2 Å². The molecule has 2 aromatic carbocycles. The van der Waals surface area contributed by atoms with E-state index in [2.05, 4.69) is 9.97 Å². The van der Waals surface area contributed by atoms with Crippen LogP contribution in [0.15, 0.2) is 83.5 Å². The van der Waals surface area contributed by atoms with E-state index < -0.39 is 23.9 Å². The lowest BCUT2D eigenvalue weighted by molar-refractivity contribution is 0.373. The average Bonchev–Trinajstić information content (AvgIpc) is 3.51. The molecule has 2 N–H and O–H groups in total. The molecule has 0 saturated heterocycles. The Morgan fingerprint density at radius 3 is 2.41 bits per heavy atom. The van der Waals surface area contributed by atoms with E-state index >= 15 is 0 Å². The first-order valence-electron chi connectivity index (χ1n) is 10.5. The number of fused-ring (bicyclic) bond motifs is 1. The fourth-order valence-corrected chi connectivity index (χ4v) is 7.85. The fourth-order valence-electron chi connectivity index (χ4n) is 3.80. The van der Waals surface area contributed by atoms with Gasteiger partial charge in [-0.25, -0.2) is 18.4 Å². The Balaban J connectivity index is 1.59. The van der Waals surface area contributed by atoms with Crippen molar-refractivity contribution in [3.8, 4) is 16.4 Å². The van der Waals surface area contributed by atoms with Crippen LogP contribution in [0, 0.1) is 0 Å². The van der Waals surface area contributed by atoms with Crippen molar-refractivity contribution in [2.45, 2.75) is 4.90 Å². The van der Waals surface area contributed by atoms with E-state index in [1.165, 1.54) is 41.7 Å². The van der Waals surface area contributed by atoms with Crippen LogP contribution in [0.3, 0.4) is 0 Å². The maximum atomic E-state index is 13.5. The van der Waals surface area contributed by atoms with Crippen molar-refractivity contribution in [2.75, 3.05) is 10.6 Å². The fraction of sp³-hybridized carbons (Fsp3) is 0.0435. The highest BCUT2D eigenvalue weighted by Crippen LogP contribution is 2.40. The molecule has 0 aliphatic carbocycles. The summed E-state index contributed by atoms with van der Waals surface area (Å²) in [5.41, 5.74) is 1.68. The van der Waals surface area contributed by atoms with Gasteiger partial charge in [0.1, 0.15) is 17.1 Å². The SMILES string of the molecule is O=P(O)(O)CN(c1ccc2c(ccn2-c2cc(-c3nccs3)ccn2)c1)S(=O)(=O)c1cc(Cl)cc(Cl)c1. The second-order valence-corrected chi connectivity index (χ2v) is 13.2. The van der Waals surface area contributed by atoms with E-state index in [-0.39, 0.29) is 20.6 Å². The number of hydrogen-bond donors (Lipinski definition) is 2. The summed E-state index contributed by atoms with van der Waals surface area (Å²) in [4.78, 5) is 27.8. The molecule has 0 amide bonds. The smallest absolute Gasteiger partial charge is 0.323 e. The number of nitrogens with zero attached hydrogens (tertiary/aromatic N) is 4. The Labute approximate surface area is 225 Å². The van der Waals surface area contributed by atoms with E-state index in [1.807, 2.05) is 22.1 Å². The van der Waals surface area contributed by atoms with Gasteiger partial charge in [-0.05, 0) is 54.6 Å². The van der Waals surface area contributed by atoms with Gasteiger partial charge in [0.2, 0.25) is 0 Å². The van der Waals surface area contributed by atoms with E-state index in [0.29, 0.717) is 21.0 Å². The Morgan fingerprint density at radius 1 is 0.973 bits per heavy atom. The number of hydrogen-bond acceptors (Lipinski definition) is 6. The van der Waals surface area contributed by atoms with Gasteiger partial charge >= 0.3 is 7.60 Å². The van der Waals surface area contributed by atoms with Gasteiger partial charge in [0.15, 0.2) is 0 Å². The zero-order valence-corrected chi connectivity index (χ0v) is 22.7. The van der Waals surface area contributed by atoms with Gasteiger partial charge in [0, 0.05) is 45.0 Å². The lowest BCUT2D eigenvalue weighted by Gasteiger charge is -2.25. The highest BCUT2D eigenvalue weighted by atomic mass is 35.5. The summed E-state index contributed by atoms with van der Waals surface area (Å²) in [7, 11) is -9.23. The van der Waals surface area contributed by atoms with Gasteiger partial charge in [0.25, 0.3) is 10.0 Å². The van der Waals surface area contributed by atoms with Crippen molar-refractivity contribution < 1.29 is 22.8 Å². The summed E-state index contributed by atoms with van der Waals surface area (Å²) in [6.45, 7) is 0. The summed E-state index contributed by atoms with van der Waals surface area (Å²) < 4.78 is 41.4. The molecule has 190 valence electrons. The predicted molar refractivity (Wildman–Crippen MR) is 145 cm³/mol. The van der Waals surface area contributed by atoms with Crippen LogP contribution >= 0.6 is 42.1 Å². The second-order valence-electron chi connectivity index (χ2n) is 7.93. The minimum atomic E-state index is -4.80. The van der Waals surface area contributed by atoms with Gasteiger partial charge in [-0.15, -0.1) is 11.3 Å². The first kappa shape index (κ1) is 25.9. The third-order valence-corrected chi connectivity index (χ3v) is 9.22. The molecule has 0 spiro atoms. The Bertz CT molecular complexity index is 1750. The summed E-state index contributed by atoms with van der Waals surface area (Å²) in [5.74, 6) is 0.628. The summed E-state index contributed by atoms with van der Waals surface area (Å²) >= 11 is 13.5. The number of aromatic nitrogens is 3. The molecule has 3 heterocycles. The highest BCUT2D eigenvalue weighted by molar-refractivity contribution is 7.93. The molecule has 14 heteroatoms. The van der Waals surface area contributed by atoms with Crippen LogP contribution in [0.5, 0.6) is 0 Å². The molecule has 0 aliphatic rings. The van der Waals surface area contributed by atoms with Crippen molar-refractivity contribution in [1.29, 1.82) is 0 Å². The van der Waals surface area contributed by atoms with Crippen molar-refractivity contribution >= 4 is 68.7 Å². The van der Waals surface area contributed by atoms with E-state index in [0.717, 1.165) is 10.6 Å². The molecular formula is C23H17Cl2N4O5PS2. The number of thiazole rings is 1. The largest absolute Gasteiger partial charge is 0.345 e. The van der Waals surface area contributed by atoms with Gasteiger partial charge in [-0.2, -0.15) is 0 Å². The molecule has 0 saturated carbocycles. The first-order chi connectivity index (χ1) is 17.5. The van der Waals surface area contributed by atoms with E-state index in [9.17, 15) is 22.8 Å². The summed E-state index contributed by atoms with van der Waals surface area (Å²) in [5, 5.41) is 3.51. The van der Waals surface area contributed by atoms with Crippen molar-refractivity contribution in [2.24, 2.45) is 0 Å². The molecule has 0 bridgehead atoms. The molecule has 5 rings (SSSR count). The standard InChI is InChI=1S/C23H17Cl2N4O5PS2/c24-17-11-18(25)13-20(12-17)37(33,34)29(14-35(30,31)32)19-1-2-21-15(9-19)4-7-28(21)22-10-16(3-5-26-22)23-27-6-8-36-23/h1-13H,14H2,(H2,30,31,32). The molecule has 0 aliphatic heterocycles. The number of rotatable bonds is 7. The zero-order valence-electron chi connectivity index (χ0n) is 18.6. The Morgan fingerprint density at radius 2 is 1.73 bits per heavy atom. The monoisotopic (exact) mass is 594 g/mol. The minimum absolute atomic E-state index is 0.0640. The van der Waals surface area contributed by atoms with Crippen molar-refractivity contribution in [1.82, 2.24) is 14.5 Å². The zero-order chi connectivity index (χ0) is 26.4. The van der Waals surface area contributed by atoms with Crippen LogP contribution in [0.2, 0.25) is 10.0 Å². The van der Waals surface area contributed by atoms with E-state index in [4.69, 9.17) is 23.2 Å². The van der Waals surface area contributed by atoms with Gasteiger partial charge in [0.05, 0.1) is 16.1 Å². The molecule has 3 aromatic heterocycles. The molecule has 0 fully saturated rings. The number of anilines is 1. The predicted octanol–water partition coefficient (Wildman–Crippen LogP) is 5.79. The number of benzene rings is 2. The molecule has 5 aromatic rings. The van der Waals surface area contributed by atoms with Crippen molar-refractivity contribution in [3.63, 3.8) is 0 Å². The Hall–Kier alpha value is -2.76. The third-order valence-electron chi connectivity index (χ3n) is 5.37. The number of pyridine rings is 1. The Kier molecular flexibility index (Phi) is 6.88. The first-order valence-corrected chi connectivity index (χ1v) is 15.4. The lowest BCUT2D eigenvalue weighted by atomic mass is 10.2. The molecule has 0 unspecified atom stereocenters. The maximum Gasteiger partial charge on any atom is 0.345 e. The average molecular weight is 595 g/mol. The van der Waals surface area contributed by atoms with Crippen LogP contribution in [-0.2, 0) is 14.6 Å².